The third-order valence-electron chi connectivity index (χ3n) is 8.18. The summed E-state index contributed by atoms with van der Waals surface area (Å²) in [6.45, 7) is 3.75. The number of nitrogens with zero attached hydrogens (tertiary/aromatic N) is 7. The Balaban J connectivity index is 1.22. The summed E-state index contributed by atoms with van der Waals surface area (Å²) in [5.41, 5.74) is 4.42. The Morgan fingerprint density at radius 2 is 1.76 bits per heavy atom. The molecule has 1 aromatic heterocycles. The van der Waals surface area contributed by atoms with E-state index < -0.39 is 0 Å². The molecule has 1 saturated heterocycles. The van der Waals surface area contributed by atoms with Crippen molar-refractivity contribution in [2.24, 2.45) is 0 Å². The number of tetrazole rings is 1. The highest BCUT2D eigenvalue weighted by atomic mass is 16.7. The SMILES string of the molecule is COc1c2c(cc3c1C(c1nnnn1-c1ccccc1C(=O)N1CCN(c4ccccc4)CC1)N(C)CC3)OCO2. The molecular formula is C30H31N7O4. The van der Waals surface area contributed by atoms with E-state index >= 15 is 0 Å². The Bertz CT molecular complexity index is 1580. The molecular weight excluding hydrogens is 522 g/mol. The number of benzene rings is 3. The molecule has 0 aliphatic carbocycles. The van der Waals surface area contributed by atoms with Crippen LogP contribution in [0.4, 0.5) is 5.69 Å². The Labute approximate surface area is 237 Å². The van der Waals surface area contributed by atoms with Gasteiger partial charge >= 0.3 is 0 Å². The van der Waals surface area contributed by atoms with Crippen LogP contribution >= 0.6 is 0 Å². The van der Waals surface area contributed by atoms with Gasteiger partial charge in [0.15, 0.2) is 17.3 Å². The van der Waals surface area contributed by atoms with E-state index in [9.17, 15) is 4.79 Å². The second-order valence-electron chi connectivity index (χ2n) is 10.4. The number of likely N-dealkylation sites (N-methyl/N-ethyl adjacent to an activating group) is 1. The number of carbonyl (C=O) groups is 1. The largest absolute Gasteiger partial charge is 0.492 e. The van der Waals surface area contributed by atoms with Crippen molar-refractivity contribution >= 4 is 11.6 Å². The van der Waals surface area contributed by atoms with E-state index in [1.54, 1.807) is 11.8 Å². The van der Waals surface area contributed by atoms with Gasteiger partial charge in [-0.25, -0.2) is 0 Å². The second-order valence-corrected chi connectivity index (χ2v) is 10.4. The van der Waals surface area contributed by atoms with E-state index in [1.165, 1.54) is 5.69 Å². The lowest BCUT2D eigenvalue weighted by Gasteiger charge is -2.36. The van der Waals surface area contributed by atoms with Gasteiger partial charge in [-0.3, -0.25) is 9.69 Å². The average molecular weight is 554 g/mol. The standard InChI is InChI=1S/C30H31N7O4/c1-34-13-12-20-18-24-27(41-19-40-24)28(39-2)25(20)26(34)29-31-32-33-37(29)23-11-7-6-10-22(23)30(38)36-16-14-35(15-17-36)21-8-4-3-5-9-21/h3-11,18,26H,12-17,19H2,1-2H3. The number of carbonyl (C=O) groups excluding carboxylic acids is 1. The predicted octanol–water partition coefficient (Wildman–Crippen LogP) is 2.94. The summed E-state index contributed by atoms with van der Waals surface area (Å²) < 4.78 is 19.0. The Morgan fingerprint density at radius 3 is 2.56 bits per heavy atom. The molecule has 11 heteroatoms. The quantitative estimate of drug-likeness (QED) is 0.370. The van der Waals surface area contributed by atoms with Crippen molar-refractivity contribution < 1.29 is 19.0 Å². The van der Waals surface area contributed by atoms with Crippen LogP contribution in [0.25, 0.3) is 5.69 Å². The van der Waals surface area contributed by atoms with E-state index in [4.69, 9.17) is 14.2 Å². The lowest BCUT2D eigenvalue weighted by molar-refractivity contribution is 0.0746. The number of piperazine rings is 1. The Hall–Kier alpha value is -4.64. The minimum atomic E-state index is -0.323. The van der Waals surface area contributed by atoms with Gasteiger partial charge in [0.05, 0.1) is 18.4 Å². The summed E-state index contributed by atoms with van der Waals surface area (Å²) >= 11 is 0. The van der Waals surface area contributed by atoms with Gasteiger partial charge in [-0.15, -0.1) is 5.10 Å². The summed E-state index contributed by atoms with van der Waals surface area (Å²) in [6, 6.07) is 19.5. The fourth-order valence-corrected chi connectivity index (χ4v) is 6.11. The number of hydrogen-bond donors (Lipinski definition) is 0. The maximum atomic E-state index is 13.9. The number of ether oxygens (including phenoxy) is 3. The topological polar surface area (TPSA) is 98.1 Å². The van der Waals surface area contributed by atoms with Gasteiger partial charge in [-0.1, -0.05) is 30.3 Å². The molecule has 3 aliphatic rings. The minimum Gasteiger partial charge on any atom is -0.492 e. The van der Waals surface area contributed by atoms with E-state index in [2.05, 4.69) is 37.5 Å². The van der Waals surface area contributed by atoms with Crippen molar-refractivity contribution in [3.05, 3.63) is 83.2 Å². The molecule has 3 aromatic carbocycles. The summed E-state index contributed by atoms with van der Waals surface area (Å²) in [7, 11) is 3.68. The summed E-state index contributed by atoms with van der Waals surface area (Å²) in [6.07, 6.45) is 0.820. The average Bonchev–Trinajstić information content (AvgIpc) is 3.70. The predicted molar refractivity (Wildman–Crippen MR) is 151 cm³/mol. The zero-order valence-corrected chi connectivity index (χ0v) is 23.1. The van der Waals surface area contributed by atoms with Crippen LogP contribution in [-0.2, 0) is 6.42 Å². The normalized spacial score (nSPS) is 18.3. The molecule has 4 aromatic rings. The van der Waals surface area contributed by atoms with Crippen LogP contribution < -0.4 is 19.1 Å². The number of aromatic nitrogens is 4. The first kappa shape index (κ1) is 25.3. The van der Waals surface area contributed by atoms with E-state index in [-0.39, 0.29) is 18.7 Å². The molecule has 0 bridgehead atoms. The van der Waals surface area contributed by atoms with Crippen molar-refractivity contribution in [3.8, 4) is 22.9 Å². The zero-order valence-electron chi connectivity index (χ0n) is 23.1. The van der Waals surface area contributed by atoms with Crippen LogP contribution in [0.5, 0.6) is 17.2 Å². The molecule has 1 unspecified atom stereocenters. The lowest BCUT2D eigenvalue weighted by atomic mass is 9.90. The molecule has 210 valence electrons. The zero-order chi connectivity index (χ0) is 27.9. The summed E-state index contributed by atoms with van der Waals surface area (Å²) in [4.78, 5) is 20.3. The summed E-state index contributed by atoms with van der Waals surface area (Å²) in [5.74, 6) is 2.47. The van der Waals surface area contributed by atoms with Crippen LogP contribution in [0.15, 0.2) is 60.7 Å². The van der Waals surface area contributed by atoms with Crippen molar-refractivity contribution in [1.29, 1.82) is 0 Å². The van der Waals surface area contributed by atoms with Crippen molar-refractivity contribution in [2.75, 3.05) is 58.6 Å². The number of hydrogen-bond acceptors (Lipinski definition) is 9. The molecule has 0 radical (unpaired) electrons. The van der Waals surface area contributed by atoms with Gasteiger partial charge in [0.25, 0.3) is 5.91 Å². The molecule has 0 N–H and O–H groups in total. The van der Waals surface area contributed by atoms with Crippen molar-refractivity contribution in [1.82, 2.24) is 30.0 Å². The first-order valence-corrected chi connectivity index (χ1v) is 13.8. The molecule has 1 amide bonds. The molecule has 0 saturated carbocycles. The highest BCUT2D eigenvalue weighted by Gasteiger charge is 2.38. The van der Waals surface area contributed by atoms with E-state index in [0.29, 0.717) is 47.4 Å². The fourth-order valence-electron chi connectivity index (χ4n) is 6.11. The Kier molecular flexibility index (Phi) is 6.43. The smallest absolute Gasteiger partial charge is 0.256 e. The van der Waals surface area contributed by atoms with Crippen LogP contribution in [0, 0.1) is 0 Å². The van der Waals surface area contributed by atoms with Crippen LogP contribution in [0.3, 0.4) is 0 Å². The van der Waals surface area contributed by atoms with Gasteiger partial charge in [0, 0.05) is 44.0 Å². The second kappa shape index (κ2) is 10.4. The van der Waals surface area contributed by atoms with Crippen molar-refractivity contribution in [2.45, 2.75) is 12.5 Å². The lowest BCUT2D eigenvalue weighted by Crippen LogP contribution is -2.49. The first-order chi connectivity index (χ1) is 20.1. The van der Waals surface area contributed by atoms with Crippen molar-refractivity contribution in [3.63, 3.8) is 0 Å². The highest BCUT2D eigenvalue weighted by molar-refractivity contribution is 5.98. The number of fused-ring (bicyclic) bond motifs is 2. The van der Waals surface area contributed by atoms with Crippen LogP contribution in [0.2, 0.25) is 0 Å². The summed E-state index contributed by atoms with van der Waals surface area (Å²) in [5, 5.41) is 13.0. The molecule has 1 atom stereocenters. The van der Waals surface area contributed by atoms with E-state index in [0.717, 1.165) is 37.2 Å². The number of amides is 1. The minimum absolute atomic E-state index is 0.0342. The number of methoxy groups -OCH3 is 1. The molecule has 11 nitrogen and oxygen atoms in total. The third kappa shape index (κ3) is 4.33. The third-order valence-corrected chi connectivity index (χ3v) is 8.18. The number of anilines is 1. The molecule has 1 fully saturated rings. The first-order valence-electron chi connectivity index (χ1n) is 13.8. The number of rotatable bonds is 5. The highest BCUT2D eigenvalue weighted by Crippen LogP contribution is 2.50. The van der Waals surface area contributed by atoms with Gasteiger partial charge in [-0.05, 0) is 59.8 Å². The Morgan fingerprint density at radius 1 is 0.976 bits per heavy atom. The molecule has 0 spiro atoms. The van der Waals surface area contributed by atoms with Gasteiger partial charge < -0.3 is 24.0 Å². The van der Waals surface area contributed by atoms with Crippen LogP contribution in [-0.4, -0.2) is 89.6 Å². The number of para-hydroxylation sites is 2. The maximum Gasteiger partial charge on any atom is 0.256 e. The molecule has 4 heterocycles. The molecule has 41 heavy (non-hydrogen) atoms. The van der Waals surface area contributed by atoms with Crippen LogP contribution in [0.1, 0.15) is 33.4 Å². The monoisotopic (exact) mass is 553 g/mol. The maximum absolute atomic E-state index is 13.9. The van der Waals surface area contributed by atoms with Gasteiger partial charge in [0.1, 0.15) is 6.04 Å². The van der Waals surface area contributed by atoms with Gasteiger partial charge in [-0.2, -0.15) is 4.68 Å². The fraction of sp³-hybridized carbons (Fsp3) is 0.333. The van der Waals surface area contributed by atoms with E-state index in [1.807, 2.05) is 60.5 Å². The molecule has 7 rings (SSSR count). The molecule has 3 aliphatic heterocycles. The van der Waals surface area contributed by atoms with Gasteiger partial charge in [0.2, 0.25) is 12.5 Å².